The number of amides is 1. The lowest BCUT2D eigenvalue weighted by molar-refractivity contribution is 0.102. The van der Waals surface area contributed by atoms with E-state index in [4.69, 9.17) is 20.9 Å². The molecule has 1 aliphatic carbocycles. The Morgan fingerprint density at radius 3 is 2.68 bits per heavy atom. The Kier molecular flexibility index (Phi) is 9.03. The minimum Gasteiger partial charge on any atom is -0.490 e. The van der Waals surface area contributed by atoms with Crippen molar-refractivity contribution in [3.8, 4) is 23.8 Å². The second-order valence-electron chi connectivity index (χ2n) is 9.26. The van der Waals surface area contributed by atoms with Crippen LogP contribution in [0.3, 0.4) is 0 Å². The van der Waals surface area contributed by atoms with Crippen molar-refractivity contribution in [2.75, 3.05) is 18.5 Å². The summed E-state index contributed by atoms with van der Waals surface area (Å²) in [5, 5.41) is 3.92. The molecule has 0 fully saturated rings. The predicted molar refractivity (Wildman–Crippen MR) is 153 cm³/mol. The van der Waals surface area contributed by atoms with Crippen LogP contribution in [0, 0.1) is 26.2 Å². The molecule has 0 saturated carbocycles. The molecule has 1 aliphatic rings. The highest BCUT2D eigenvalue weighted by Gasteiger charge is 2.24. The SMILES string of the molecule is C#CCOc1ccc(C=Nc2sc3c(c2C(=O)Nc2cc(C)ccc2C)CCCCCC3)cc1OCC. The number of benzene rings is 2. The number of hydrogen-bond donors (Lipinski definition) is 1. The molecular formula is C31H34N2O3S. The second kappa shape index (κ2) is 12.6. The van der Waals surface area contributed by atoms with Gasteiger partial charge in [-0.15, -0.1) is 17.8 Å². The highest BCUT2D eigenvalue weighted by molar-refractivity contribution is 7.16. The molecule has 1 heterocycles. The van der Waals surface area contributed by atoms with Crippen molar-refractivity contribution < 1.29 is 14.3 Å². The van der Waals surface area contributed by atoms with Gasteiger partial charge in [-0.05, 0) is 93.0 Å². The molecule has 0 radical (unpaired) electrons. The van der Waals surface area contributed by atoms with Gasteiger partial charge in [-0.2, -0.15) is 0 Å². The van der Waals surface area contributed by atoms with E-state index >= 15 is 0 Å². The van der Waals surface area contributed by atoms with E-state index in [-0.39, 0.29) is 12.5 Å². The van der Waals surface area contributed by atoms with Crippen molar-refractivity contribution in [2.24, 2.45) is 4.99 Å². The number of nitrogens with one attached hydrogen (secondary N) is 1. The van der Waals surface area contributed by atoms with Crippen molar-refractivity contribution in [3.63, 3.8) is 0 Å². The third kappa shape index (κ3) is 6.61. The van der Waals surface area contributed by atoms with Gasteiger partial charge in [0.2, 0.25) is 0 Å². The lowest BCUT2D eigenvalue weighted by Crippen LogP contribution is -2.15. The number of thiophene rings is 1. The molecule has 6 heteroatoms. The van der Waals surface area contributed by atoms with Gasteiger partial charge in [0.15, 0.2) is 11.5 Å². The van der Waals surface area contributed by atoms with Gasteiger partial charge < -0.3 is 14.8 Å². The molecule has 1 amide bonds. The number of carbonyl (C=O) groups excluding carboxylic acids is 1. The number of fused-ring (bicyclic) bond motifs is 1. The van der Waals surface area contributed by atoms with Crippen molar-refractivity contribution >= 4 is 34.1 Å². The third-order valence-electron chi connectivity index (χ3n) is 6.43. The lowest BCUT2D eigenvalue weighted by atomic mass is 9.96. The van der Waals surface area contributed by atoms with Gasteiger partial charge in [0, 0.05) is 16.8 Å². The van der Waals surface area contributed by atoms with Crippen molar-refractivity contribution in [1.29, 1.82) is 0 Å². The van der Waals surface area contributed by atoms with Gasteiger partial charge in [-0.1, -0.05) is 30.9 Å². The number of rotatable bonds is 8. The van der Waals surface area contributed by atoms with E-state index in [1.165, 1.54) is 17.7 Å². The molecule has 192 valence electrons. The molecule has 0 saturated heterocycles. The first-order chi connectivity index (χ1) is 18.0. The zero-order chi connectivity index (χ0) is 26.2. The summed E-state index contributed by atoms with van der Waals surface area (Å²) in [6, 6.07) is 11.8. The molecule has 4 rings (SSSR count). The van der Waals surface area contributed by atoms with Crippen LogP contribution < -0.4 is 14.8 Å². The Bertz CT molecular complexity index is 1330. The Balaban J connectivity index is 1.69. The number of carbonyl (C=O) groups is 1. The summed E-state index contributed by atoms with van der Waals surface area (Å²) in [6.07, 6.45) is 13.7. The molecule has 0 atom stereocenters. The molecule has 5 nitrogen and oxygen atoms in total. The summed E-state index contributed by atoms with van der Waals surface area (Å²) >= 11 is 1.64. The van der Waals surface area contributed by atoms with E-state index in [2.05, 4.69) is 17.3 Å². The maximum Gasteiger partial charge on any atom is 0.259 e. The Morgan fingerprint density at radius 1 is 1.08 bits per heavy atom. The van der Waals surface area contributed by atoms with Crippen LogP contribution in [-0.4, -0.2) is 25.3 Å². The summed E-state index contributed by atoms with van der Waals surface area (Å²) in [5.41, 5.74) is 5.72. The minimum absolute atomic E-state index is 0.0908. The molecule has 1 aromatic heterocycles. The van der Waals surface area contributed by atoms with E-state index in [0.29, 0.717) is 23.7 Å². The van der Waals surface area contributed by atoms with Crippen LogP contribution in [0.25, 0.3) is 0 Å². The van der Waals surface area contributed by atoms with Gasteiger partial charge in [-0.3, -0.25) is 4.79 Å². The molecule has 0 spiro atoms. The predicted octanol–water partition coefficient (Wildman–Crippen LogP) is 7.44. The Morgan fingerprint density at radius 2 is 1.89 bits per heavy atom. The Hall–Kier alpha value is -3.56. The average Bonchev–Trinajstić information content (AvgIpc) is 3.20. The molecule has 0 aliphatic heterocycles. The maximum atomic E-state index is 13.7. The van der Waals surface area contributed by atoms with Gasteiger partial charge in [0.25, 0.3) is 5.91 Å². The first-order valence-electron chi connectivity index (χ1n) is 12.9. The maximum absolute atomic E-state index is 13.7. The van der Waals surface area contributed by atoms with Crippen LogP contribution in [0.4, 0.5) is 10.7 Å². The quantitative estimate of drug-likeness (QED) is 0.251. The number of aliphatic imine (C=N–C) groups is 1. The van der Waals surface area contributed by atoms with Crippen LogP contribution in [-0.2, 0) is 12.8 Å². The summed E-state index contributed by atoms with van der Waals surface area (Å²) in [6.45, 7) is 6.65. The van der Waals surface area contributed by atoms with E-state index in [1.807, 2.05) is 51.1 Å². The standard InChI is InChI=1S/C31H34N2O3S/c1-5-17-36-26-16-15-23(19-27(26)35-6-2)20-32-31-29(24-11-9-7-8-10-12-28(24)37-31)30(34)33-25-18-21(3)13-14-22(25)4/h1,13-16,18-20H,6-12,17H2,2-4H3,(H,33,34). The highest BCUT2D eigenvalue weighted by atomic mass is 32.1. The van der Waals surface area contributed by atoms with E-state index in [9.17, 15) is 4.79 Å². The van der Waals surface area contributed by atoms with Crippen molar-refractivity contribution in [1.82, 2.24) is 0 Å². The van der Waals surface area contributed by atoms with E-state index in [1.54, 1.807) is 17.6 Å². The fraction of sp³-hybridized carbons (Fsp3) is 0.355. The van der Waals surface area contributed by atoms with Crippen molar-refractivity contribution in [2.45, 2.75) is 59.3 Å². The van der Waals surface area contributed by atoms with Crippen LogP contribution >= 0.6 is 11.3 Å². The van der Waals surface area contributed by atoms with Crippen LogP contribution in [0.15, 0.2) is 41.4 Å². The number of hydrogen-bond acceptors (Lipinski definition) is 5. The van der Waals surface area contributed by atoms with Gasteiger partial charge in [0.05, 0.1) is 12.2 Å². The smallest absolute Gasteiger partial charge is 0.259 e. The van der Waals surface area contributed by atoms with Crippen LogP contribution in [0.5, 0.6) is 11.5 Å². The fourth-order valence-corrected chi connectivity index (χ4v) is 5.76. The second-order valence-corrected chi connectivity index (χ2v) is 10.3. The Labute approximate surface area is 223 Å². The van der Waals surface area contributed by atoms with Gasteiger partial charge in [-0.25, -0.2) is 4.99 Å². The number of nitrogens with zero attached hydrogens (tertiary/aromatic N) is 1. The zero-order valence-corrected chi connectivity index (χ0v) is 22.7. The summed E-state index contributed by atoms with van der Waals surface area (Å²) in [4.78, 5) is 19.8. The van der Waals surface area contributed by atoms with Crippen LogP contribution in [0.2, 0.25) is 0 Å². The molecule has 1 N–H and O–H groups in total. The molecule has 0 bridgehead atoms. The average molecular weight is 515 g/mol. The fourth-order valence-electron chi connectivity index (χ4n) is 4.53. The summed E-state index contributed by atoms with van der Waals surface area (Å²) in [5.74, 6) is 3.61. The van der Waals surface area contributed by atoms with Crippen molar-refractivity contribution in [3.05, 3.63) is 69.1 Å². The monoisotopic (exact) mass is 514 g/mol. The van der Waals surface area contributed by atoms with E-state index < -0.39 is 0 Å². The minimum atomic E-state index is -0.0908. The first-order valence-corrected chi connectivity index (χ1v) is 13.7. The number of ether oxygens (including phenoxy) is 2. The lowest BCUT2D eigenvalue weighted by Gasteiger charge is -2.13. The van der Waals surface area contributed by atoms with Gasteiger partial charge >= 0.3 is 0 Å². The summed E-state index contributed by atoms with van der Waals surface area (Å²) < 4.78 is 11.4. The molecule has 37 heavy (non-hydrogen) atoms. The first kappa shape index (κ1) is 26.5. The highest BCUT2D eigenvalue weighted by Crippen LogP contribution is 2.39. The van der Waals surface area contributed by atoms with Gasteiger partial charge in [0.1, 0.15) is 11.6 Å². The molecule has 2 aromatic carbocycles. The molecular weight excluding hydrogens is 480 g/mol. The number of aryl methyl sites for hydroxylation is 3. The number of terminal acetylenes is 1. The summed E-state index contributed by atoms with van der Waals surface area (Å²) in [7, 11) is 0. The van der Waals surface area contributed by atoms with Crippen LogP contribution in [0.1, 0.15) is 70.1 Å². The molecule has 0 unspecified atom stereocenters. The number of anilines is 1. The van der Waals surface area contributed by atoms with E-state index in [0.717, 1.165) is 58.6 Å². The zero-order valence-electron chi connectivity index (χ0n) is 21.9. The largest absolute Gasteiger partial charge is 0.490 e. The molecule has 3 aromatic rings. The normalized spacial score (nSPS) is 13.4. The third-order valence-corrected chi connectivity index (χ3v) is 7.63. The topological polar surface area (TPSA) is 59.9 Å².